The quantitative estimate of drug-likeness (QED) is 0.638. The van der Waals surface area contributed by atoms with Crippen LogP contribution >= 0.6 is 0 Å². The van der Waals surface area contributed by atoms with Gasteiger partial charge in [-0.2, -0.15) is 0 Å². The Balaban J connectivity index is 2.12. The van der Waals surface area contributed by atoms with Crippen LogP contribution in [0.2, 0.25) is 0 Å². The fourth-order valence-corrected chi connectivity index (χ4v) is 1.76. The van der Waals surface area contributed by atoms with Crippen LogP contribution in [0.15, 0.2) is 48.5 Å². The number of carbonyl (C=O) groups excluding carboxylic acids is 2. The molecule has 0 aliphatic carbocycles. The Morgan fingerprint density at radius 2 is 1.67 bits per heavy atom. The predicted octanol–water partition coefficient (Wildman–Crippen LogP) is 3.39. The highest BCUT2D eigenvalue weighted by atomic mass is 16.5. The fourth-order valence-electron chi connectivity index (χ4n) is 1.76. The van der Waals surface area contributed by atoms with Gasteiger partial charge in [0.25, 0.3) is 0 Å². The van der Waals surface area contributed by atoms with E-state index in [4.69, 9.17) is 9.47 Å². The van der Waals surface area contributed by atoms with Gasteiger partial charge in [-0.05, 0) is 44.2 Å². The van der Waals surface area contributed by atoms with Gasteiger partial charge in [-0.1, -0.05) is 23.8 Å². The van der Waals surface area contributed by atoms with Crippen molar-refractivity contribution in [2.75, 3.05) is 6.61 Å². The molecular formula is C17H16O4. The number of rotatable bonds is 4. The molecule has 0 unspecified atom stereocenters. The van der Waals surface area contributed by atoms with Gasteiger partial charge in [0.05, 0.1) is 17.7 Å². The minimum Gasteiger partial charge on any atom is -0.462 e. The minimum absolute atomic E-state index is 0.298. The molecule has 2 aromatic carbocycles. The van der Waals surface area contributed by atoms with Crippen LogP contribution in [0.5, 0.6) is 5.75 Å². The van der Waals surface area contributed by atoms with Crippen molar-refractivity contribution in [3.63, 3.8) is 0 Å². The summed E-state index contributed by atoms with van der Waals surface area (Å²) in [6, 6.07) is 13.4. The molecule has 0 atom stereocenters. The van der Waals surface area contributed by atoms with Gasteiger partial charge in [0.15, 0.2) is 0 Å². The van der Waals surface area contributed by atoms with Crippen molar-refractivity contribution in [2.45, 2.75) is 13.8 Å². The molecule has 0 amide bonds. The minimum atomic E-state index is -0.462. The monoisotopic (exact) mass is 284 g/mol. The van der Waals surface area contributed by atoms with Gasteiger partial charge in [-0.3, -0.25) is 0 Å². The first-order valence-corrected chi connectivity index (χ1v) is 6.66. The van der Waals surface area contributed by atoms with E-state index >= 15 is 0 Å². The number of benzene rings is 2. The Kier molecular flexibility index (Phi) is 4.72. The molecule has 21 heavy (non-hydrogen) atoms. The topological polar surface area (TPSA) is 52.6 Å². The number of esters is 2. The number of hydrogen-bond donors (Lipinski definition) is 0. The third kappa shape index (κ3) is 3.92. The third-order valence-corrected chi connectivity index (χ3v) is 2.84. The highest BCUT2D eigenvalue weighted by molar-refractivity contribution is 5.92. The van der Waals surface area contributed by atoms with Crippen LogP contribution in [0, 0.1) is 6.92 Å². The zero-order chi connectivity index (χ0) is 15.2. The molecule has 0 saturated carbocycles. The van der Waals surface area contributed by atoms with Gasteiger partial charge in [0.1, 0.15) is 5.75 Å². The van der Waals surface area contributed by atoms with Gasteiger partial charge in [0, 0.05) is 0 Å². The molecule has 4 heteroatoms. The standard InChI is InChI=1S/C17H16O4/c1-3-20-16(18)14-5-4-6-15(11-14)21-17(19)13-9-7-12(2)8-10-13/h4-11H,3H2,1-2H3. The van der Waals surface area contributed by atoms with Crippen molar-refractivity contribution in [2.24, 2.45) is 0 Å². The molecule has 0 aliphatic heterocycles. The van der Waals surface area contributed by atoms with Crippen molar-refractivity contribution in [3.8, 4) is 5.75 Å². The summed E-state index contributed by atoms with van der Waals surface area (Å²) in [4.78, 5) is 23.6. The molecular weight excluding hydrogens is 268 g/mol. The lowest BCUT2D eigenvalue weighted by atomic mass is 10.1. The van der Waals surface area contributed by atoms with E-state index in [1.807, 2.05) is 19.1 Å². The summed E-state index contributed by atoms with van der Waals surface area (Å²) in [6.07, 6.45) is 0. The Bertz CT molecular complexity index is 644. The van der Waals surface area contributed by atoms with Crippen molar-refractivity contribution in [3.05, 3.63) is 65.2 Å². The summed E-state index contributed by atoms with van der Waals surface area (Å²) in [5, 5.41) is 0. The van der Waals surface area contributed by atoms with E-state index in [0.29, 0.717) is 23.5 Å². The van der Waals surface area contributed by atoms with Crippen LogP contribution in [0.4, 0.5) is 0 Å². The molecule has 2 aromatic rings. The maximum atomic E-state index is 12.0. The zero-order valence-corrected chi connectivity index (χ0v) is 12.0. The van der Waals surface area contributed by atoms with Crippen LogP contribution in [0.1, 0.15) is 33.2 Å². The first-order chi connectivity index (χ1) is 10.1. The first kappa shape index (κ1) is 14.8. The average molecular weight is 284 g/mol. The molecule has 4 nitrogen and oxygen atoms in total. The Hall–Kier alpha value is -2.62. The van der Waals surface area contributed by atoms with Crippen molar-refractivity contribution in [1.29, 1.82) is 0 Å². The maximum Gasteiger partial charge on any atom is 0.343 e. The first-order valence-electron chi connectivity index (χ1n) is 6.66. The lowest BCUT2D eigenvalue weighted by Crippen LogP contribution is -2.09. The fraction of sp³-hybridized carbons (Fsp3) is 0.176. The Labute approximate surface area is 123 Å². The highest BCUT2D eigenvalue weighted by Crippen LogP contribution is 2.16. The molecule has 0 spiro atoms. The maximum absolute atomic E-state index is 12.0. The van der Waals surface area contributed by atoms with Crippen molar-refractivity contribution < 1.29 is 19.1 Å². The Morgan fingerprint density at radius 3 is 2.33 bits per heavy atom. The summed E-state index contributed by atoms with van der Waals surface area (Å²) < 4.78 is 10.2. The third-order valence-electron chi connectivity index (χ3n) is 2.84. The molecule has 0 aromatic heterocycles. The van der Waals surface area contributed by atoms with E-state index in [9.17, 15) is 9.59 Å². The summed E-state index contributed by atoms with van der Waals surface area (Å²) in [5.41, 5.74) is 1.88. The number of aryl methyl sites for hydroxylation is 1. The van der Waals surface area contributed by atoms with Gasteiger partial charge in [0.2, 0.25) is 0 Å². The van der Waals surface area contributed by atoms with Crippen molar-refractivity contribution >= 4 is 11.9 Å². The van der Waals surface area contributed by atoms with E-state index in [0.717, 1.165) is 5.56 Å². The lowest BCUT2D eigenvalue weighted by molar-refractivity contribution is 0.0524. The van der Waals surface area contributed by atoms with Crippen molar-refractivity contribution in [1.82, 2.24) is 0 Å². The molecule has 0 radical (unpaired) electrons. The molecule has 0 heterocycles. The van der Waals surface area contributed by atoms with Gasteiger partial charge in [-0.25, -0.2) is 9.59 Å². The SMILES string of the molecule is CCOC(=O)c1cccc(OC(=O)c2ccc(C)cc2)c1. The summed E-state index contributed by atoms with van der Waals surface area (Å²) in [6.45, 7) is 3.98. The summed E-state index contributed by atoms with van der Waals surface area (Å²) in [5.74, 6) is -0.590. The van der Waals surface area contributed by atoms with E-state index in [-0.39, 0.29) is 0 Å². The van der Waals surface area contributed by atoms with Crippen LogP contribution in [0.25, 0.3) is 0 Å². The molecule has 0 fully saturated rings. The molecule has 2 rings (SSSR count). The van der Waals surface area contributed by atoms with Gasteiger partial charge < -0.3 is 9.47 Å². The molecule has 0 N–H and O–H groups in total. The zero-order valence-electron chi connectivity index (χ0n) is 12.0. The van der Waals surface area contributed by atoms with Crippen LogP contribution in [-0.2, 0) is 4.74 Å². The van der Waals surface area contributed by atoms with E-state index in [1.54, 1.807) is 37.3 Å². The second kappa shape index (κ2) is 6.70. The second-order valence-corrected chi connectivity index (χ2v) is 4.50. The summed E-state index contributed by atoms with van der Waals surface area (Å²) >= 11 is 0. The van der Waals surface area contributed by atoms with Gasteiger partial charge >= 0.3 is 11.9 Å². The van der Waals surface area contributed by atoms with Crippen LogP contribution < -0.4 is 4.74 Å². The summed E-state index contributed by atoms with van der Waals surface area (Å²) in [7, 11) is 0. The normalized spacial score (nSPS) is 10.0. The lowest BCUT2D eigenvalue weighted by Gasteiger charge is -2.06. The number of ether oxygens (including phenoxy) is 2. The largest absolute Gasteiger partial charge is 0.462 e. The smallest absolute Gasteiger partial charge is 0.343 e. The van der Waals surface area contributed by atoms with Gasteiger partial charge in [-0.15, -0.1) is 0 Å². The number of hydrogen-bond acceptors (Lipinski definition) is 4. The van der Waals surface area contributed by atoms with Crippen LogP contribution in [0.3, 0.4) is 0 Å². The molecule has 0 aliphatic rings. The van der Waals surface area contributed by atoms with E-state index in [2.05, 4.69) is 0 Å². The molecule has 0 saturated heterocycles. The second-order valence-electron chi connectivity index (χ2n) is 4.50. The molecule has 108 valence electrons. The Morgan fingerprint density at radius 1 is 0.952 bits per heavy atom. The predicted molar refractivity (Wildman–Crippen MR) is 78.5 cm³/mol. The van der Waals surface area contributed by atoms with Crippen LogP contribution in [-0.4, -0.2) is 18.5 Å². The molecule has 0 bridgehead atoms. The highest BCUT2D eigenvalue weighted by Gasteiger charge is 2.11. The van der Waals surface area contributed by atoms with E-state index in [1.165, 1.54) is 6.07 Å². The number of carbonyl (C=O) groups is 2. The average Bonchev–Trinajstić information content (AvgIpc) is 2.48. The van der Waals surface area contributed by atoms with E-state index < -0.39 is 11.9 Å².